The quantitative estimate of drug-likeness (QED) is 0.750. The highest BCUT2D eigenvalue weighted by molar-refractivity contribution is 6.37. The number of H-pyrrole nitrogens is 1. The molecule has 1 aromatic carbocycles. The van der Waals surface area contributed by atoms with Crippen LogP contribution in [0.4, 0.5) is 0 Å². The van der Waals surface area contributed by atoms with E-state index in [9.17, 15) is 4.79 Å². The predicted molar refractivity (Wildman–Crippen MR) is 80.7 cm³/mol. The maximum atomic E-state index is 12.5. The number of aromatic amines is 1. The van der Waals surface area contributed by atoms with E-state index < -0.39 is 6.29 Å². The van der Waals surface area contributed by atoms with Crippen molar-refractivity contribution in [2.24, 2.45) is 0 Å². The number of halogens is 1. The number of aromatic nitrogens is 3. The van der Waals surface area contributed by atoms with Crippen LogP contribution in [0.1, 0.15) is 0 Å². The number of nitrogens with zero attached hydrogens (tertiary/aromatic N) is 2. The Kier molecular flexibility index (Phi) is 3.67. The fourth-order valence-electron chi connectivity index (χ4n) is 2.33. The van der Waals surface area contributed by atoms with E-state index in [1.807, 2.05) is 12.1 Å². The molecule has 0 unspecified atom stereocenters. The summed E-state index contributed by atoms with van der Waals surface area (Å²) in [4.78, 5) is 19.9. The van der Waals surface area contributed by atoms with E-state index in [0.29, 0.717) is 16.1 Å². The molecule has 0 atom stereocenters. The SMILES string of the molecule is COC(Cn1cnc2c([nH]c3cccc(Cl)c32)c1=O)OC. The Morgan fingerprint density at radius 2 is 2.14 bits per heavy atom. The normalized spacial score (nSPS) is 11.8. The highest BCUT2D eigenvalue weighted by Crippen LogP contribution is 2.28. The topological polar surface area (TPSA) is 69.1 Å². The molecule has 0 spiro atoms. The van der Waals surface area contributed by atoms with Gasteiger partial charge in [0.25, 0.3) is 5.56 Å². The molecule has 110 valence electrons. The molecule has 7 heteroatoms. The highest BCUT2D eigenvalue weighted by Gasteiger charge is 2.15. The lowest BCUT2D eigenvalue weighted by Crippen LogP contribution is -2.29. The van der Waals surface area contributed by atoms with Crippen molar-refractivity contribution in [3.8, 4) is 0 Å². The largest absolute Gasteiger partial charge is 0.354 e. The third kappa shape index (κ3) is 2.31. The van der Waals surface area contributed by atoms with Gasteiger partial charge in [-0.05, 0) is 12.1 Å². The third-order valence-electron chi connectivity index (χ3n) is 3.42. The standard InChI is InChI=1S/C14H14ClN3O3/c1-20-10(21-2)6-18-7-16-12-11-8(15)4-3-5-9(11)17-13(12)14(18)19/h3-5,7,10,17H,6H2,1-2H3. The fraction of sp³-hybridized carbons (Fsp3) is 0.286. The van der Waals surface area contributed by atoms with Crippen LogP contribution in [0.25, 0.3) is 21.9 Å². The van der Waals surface area contributed by atoms with Crippen molar-refractivity contribution in [3.05, 3.63) is 39.9 Å². The Morgan fingerprint density at radius 1 is 1.38 bits per heavy atom. The summed E-state index contributed by atoms with van der Waals surface area (Å²) in [5.74, 6) is 0. The molecule has 2 heterocycles. The predicted octanol–water partition coefficient (Wildman–Crippen LogP) is 2.15. The zero-order valence-electron chi connectivity index (χ0n) is 11.6. The van der Waals surface area contributed by atoms with Crippen LogP contribution in [0.15, 0.2) is 29.3 Å². The average molecular weight is 308 g/mol. The van der Waals surface area contributed by atoms with E-state index >= 15 is 0 Å². The Balaban J connectivity index is 2.20. The number of ether oxygens (including phenoxy) is 2. The molecule has 0 fully saturated rings. The number of fused-ring (bicyclic) bond motifs is 3. The summed E-state index contributed by atoms with van der Waals surface area (Å²) < 4.78 is 11.7. The molecule has 3 rings (SSSR count). The maximum Gasteiger partial charge on any atom is 0.277 e. The second-order valence-electron chi connectivity index (χ2n) is 4.61. The number of methoxy groups -OCH3 is 2. The Labute approximate surface area is 125 Å². The molecule has 1 N–H and O–H groups in total. The van der Waals surface area contributed by atoms with Crippen molar-refractivity contribution >= 4 is 33.5 Å². The second kappa shape index (κ2) is 5.48. The van der Waals surface area contributed by atoms with Crippen LogP contribution in [0.5, 0.6) is 0 Å². The van der Waals surface area contributed by atoms with E-state index in [4.69, 9.17) is 21.1 Å². The van der Waals surface area contributed by atoms with Crippen molar-refractivity contribution in [2.75, 3.05) is 14.2 Å². The van der Waals surface area contributed by atoms with Crippen LogP contribution in [0.3, 0.4) is 0 Å². The Bertz CT molecular complexity index is 852. The molecule has 0 aliphatic carbocycles. The summed E-state index contributed by atoms with van der Waals surface area (Å²) in [5.41, 5.74) is 1.59. The van der Waals surface area contributed by atoms with Gasteiger partial charge >= 0.3 is 0 Å². The molecule has 2 aromatic heterocycles. The third-order valence-corrected chi connectivity index (χ3v) is 3.73. The molecule has 0 bridgehead atoms. The van der Waals surface area contributed by atoms with Crippen LogP contribution in [0, 0.1) is 0 Å². The smallest absolute Gasteiger partial charge is 0.277 e. The van der Waals surface area contributed by atoms with E-state index in [1.165, 1.54) is 25.1 Å². The zero-order chi connectivity index (χ0) is 15.0. The summed E-state index contributed by atoms with van der Waals surface area (Å²) >= 11 is 6.19. The first-order valence-corrected chi connectivity index (χ1v) is 6.74. The van der Waals surface area contributed by atoms with Crippen molar-refractivity contribution in [2.45, 2.75) is 12.8 Å². The van der Waals surface area contributed by atoms with Crippen molar-refractivity contribution in [3.63, 3.8) is 0 Å². The summed E-state index contributed by atoms with van der Waals surface area (Å²) in [6.45, 7) is 0.262. The number of benzene rings is 1. The first-order chi connectivity index (χ1) is 10.2. The lowest BCUT2D eigenvalue weighted by molar-refractivity contribution is -0.111. The molecule has 0 radical (unpaired) electrons. The van der Waals surface area contributed by atoms with E-state index in [2.05, 4.69) is 9.97 Å². The minimum Gasteiger partial charge on any atom is -0.354 e. The van der Waals surface area contributed by atoms with Crippen LogP contribution in [-0.4, -0.2) is 35.0 Å². The van der Waals surface area contributed by atoms with E-state index in [1.54, 1.807) is 6.07 Å². The molecule has 0 saturated heterocycles. The number of nitrogens with one attached hydrogen (secondary N) is 1. The van der Waals surface area contributed by atoms with Crippen LogP contribution >= 0.6 is 11.6 Å². The van der Waals surface area contributed by atoms with Gasteiger partial charge in [0.2, 0.25) is 0 Å². The first kappa shape index (κ1) is 14.1. The fourth-order valence-corrected chi connectivity index (χ4v) is 2.60. The van der Waals surface area contributed by atoms with Gasteiger partial charge in [0.15, 0.2) is 6.29 Å². The summed E-state index contributed by atoms with van der Waals surface area (Å²) in [7, 11) is 3.04. The van der Waals surface area contributed by atoms with Gasteiger partial charge in [0.1, 0.15) is 11.0 Å². The molecular weight excluding hydrogens is 294 g/mol. The summed E-state index contributed by atoms with van der Waals surface area (Å²) in [6.07, 6.45) is 0.974. The molecule has 21 heavy (non-hydrogen) atoms. The first-order valence-electron chi connectivity index (χ1n) is 6.36. The van der Waals surface area contributed by atoms with Gasteiger partial charge in [-0.15, -0.1) is 0 Å². The van der Waals surface area contributed by atoms with Crippen LogP contribution < -0.4 is 5.56 Å². The lowest BCUT2D eigenvalue weighted by atomic mass is 10.2. The highest BCUT2D eigenvalue weighted by atomic mass is 35.5. The van der Waals surface area contributed by atoms with Gasteiger partial charge in [-0.3, -0.25) is 9.36 Å². The zero-order valence-corrected chi connectivity index (χ0v) is 12.3. The van der Waals surface area contributed by atoms with Crippen molar-refractivity contribution < 1.29 is 9.47 Å². The monoisotopic (exact) mass is 307 g/mol. The van der Waals surface area contributed by atoms with Gasteiger partial charge in [-0.25, -0.2) is 4.98 Å². The summed E-state index contributed by atoms with van der Waals surface area (Å²) in [5, 5.41) is 1.32. The molecule has 0 amide bonds. The molecule has 0 aliphatic rings. The van der Waals surface area contributed by atoms with Crippen molar-refractivity contribution in [1.82, 2.24) is 14.5 Å². The van der Waals surface area contributed by atoms with Gasteiger partial charge in [0, 0.05) is 25.1 Å². The summed E-state index contributed by atoms with van der Waals surface area (Å²) in [6, 6.07) is 5.46. The van der Waals surface area contributed by atoms with Gasteiger partial charge < -0.3 is 14.5 Å². The number of rotatable bonds is 4. The number of hydrogen-bond donors (Lipinski definition) is 1. The van der Waals surface area contributed by atoms with Crippen molar-refractivity contribution in [1.29, 1.82) is 0 Å². The minimum atomic E-state index is -0.505. The Morgan fingerprint density at radius 3 is 2.86 bits per heavy atom. The second-order valence-corrected chi connectivity index (χ2v) is 5.02. The molecule has 0 aliphatic heterocycles. The molecule has 0 saturated carbocycles. The molecular formula is C14H14ClN3O3. The van der Waals surface area contributed by atoms with Gasteiger partial charge in [0.05, 0.1) is 17.9 Å². The minimum absolute atomic E-state index is 0.189. The lowest BCUT2D eigenvalue weighted by Gasteiger charge is -2.14. The average Bonchev–Trinajstić information content (AvgIpc) is 2.87. The van der Waals surface area contributed by atoms with Gasteiger partial charge in [-0.1, -0.05) is 17.7 Å². The number of hydrogen-bond acceptors (Lipinski definition) is 4. The molecule has 3 aromatic rings. The van der Waals surface area contributed by atoms with E-state index in [-0.39, 0.29) is 12.1 Å². The molecule has 6 nitrogen and oxygen atoms in total. The van der Waals surface area contributed by atoms with Crippen LogP contribution in [0.2, 0.25) is 5.02 Å². The Hall–Kier alpha value is -1.89. The van der Waals surface area contributed by atoms with Gasteiger partial charge in [-0.2, -0.15) is 0 Å². The van der Waals surface area contributed by atoms with Crippen LogP contribution in [-0.2, 0) is 16.0 Å². The van der Waals surface area contributed by atoms with E-state index in [0.717, 1.165) is 10.9 Å². The maximum absolute atomic E-state index is 12.5.